The van der Waals surface area contributed by atoms with Crippen LogP contribution in [0.4, 0.5) is 13.2 Å². The Morgan fingerprint density at radius 2 is 1.90 bits per heavy atom. The minimum atomic E-state index is -4.06. The largest absolute Gasteiger partial charge is 0.504 e. The van der Waals surface area contributed by atoms with Crippen LogP contribution in [0.1, 0.15) is 31.2 Å². The number of methoxy groups -OCH3 is 1. The van der Waals surface area contributed by atoms with Crippen molar-refractivity contribution in [3.63, 3.8) is 0 Å². The number of hydrogen-bond donors (Lipinski definition) is 2. The molecule has 2 rings (SSSR count). The van der Waals surface area contributed by atoms with Crippen molar-refractivity contribution in [3.8, 4) is 11.5 Å². The Bertz CT molecular complexity index is 468. The number of halogens is 3. The molecule has 1 aromatic rings. The molecule has 6 heteroatoms. The lowest BCUT2D eigenvalue weighted by atomic mass is 9.85. The third-order valence-corrected chi connectivity index (χ3v) is 4.03. The smallest absolute Gasteiger partial charge is 0.391 e. The van der Waals surface area contributed by atoms with Gasteiger partial charge in [0.15, 0.2) is 11.5 Å². The summed E-state index contributed by atoms with van der Waals surface area (Å²) in [7, 11) is 1.48. The van der Waals surface area contributed by atoms with Gasteiger partial charge in [0.05, 0.1) is 13.0 Å². The second kappa shape index (κ2) is 6.56. The molecule has 1 saturated carbocycles. The first-order valence-corrected chi connectivity index (χ1v) is 7.06. The van der Waals surface area contributed by atoms with E-state index in [0.29, 0.717) is 25.1 Å². The zero-order valence-electron chi connectivity index (χ0n) is 11.9. The molecule has 118 valence electrons. The van der Waals surface area contributed by atoms with Crippen LogP contribution in [0.3, 0.4) is 0 Å². The zero-order valence-corrected chi connectivity index (χ0v) is 11.9. The maximum Gasteiger partial charge on any atom is 0.391 e. The Morgan fingerprint density at radius 3 is 2.48 bits per heavy atom. The van der Waals surface area contributed by atoms with Crippen LogP contribution in [-0.4, -0.2) is 24.4 Å². The monoisotopic (exact) mass is 303 g/mol. The van der Waals surface area contributed by atoms with Crippen LogP contribution in [0.2, 0.25) is 0 Å². The van der Waals surface area contributed by atoms with Crippen LogP contribution in [0, 0.1) is 5.92 Å². The minimum absolute atomic E-state index is 0.0759. The molecule has 1 aliphatic rings. The van der Waals surface area contributed by atoms with E-state index in [2.05, 4.69) is 5.32 Å². The van der Waals surface area contributed by atoms with E-state index in [9.17, 15) is 18.3 Å². The third-order valence-electron chi connectivity index (χ3n) is 4.03. The van der Waals surface area contributed by atoms with Gasteiger partial charge in [-0.05, 0) is 43.4 Å². The average molecular weight is 303 g/mol. The van der Waals surface area contributed by atoms with Crippen molar-refractivity contribution in [2.75, 3.05) is 7.11 Å². The van der Waals surface area contributed by atoms with E-state index in [-0.39, 0.29) is 24.6 Å². The topological polar surface area (TPSA) is 41.5 Å². The molecule has 3 nitrogen and oxygen atoms in total. The molecule has 0 aliphatic heterocycles. The van der Waals surface area contributed by atoms with Gasteiger partial charge in [0.2, 0.25) is 0 Å². The Morgan fingerprint density at radius 1 is 1.24 bits per heavy atom. The average Bonchev–Trinajstić information content (AvgIpc) is 2.46. The van der Waals surface area contributed by atoms with Gasteiger partial charge < -0.3 is 15.2 Å². The van der Waals surface area contributed by atoms with Crippen molar-refractivity contribution >= 4 is 0 Å². The summed E-state index contributed by atoms with van der Waals surface area (Å²) in [6.45, 7) is 0.554. The lowest BCUT2D eigenvalue weighted by Crippen LogP contribution is -2.36. The van der Waals surface area contributed by atoms with E-state index in [0.717, 1.165) is 5.56 Å². The second-order valence-corrected chi connectivity index (χ2v) is 5.48. The van der Waals surface area contributed by atoms with Gasteiger partial charge in [-0.1, -0.05) is 6.07 Å². The standard InChI is InChI=1S/C15H20F3NO2/c1-21-14-8-10(2-7-13(14)20)9-19-12-5-3-11(4-6-12)15(16,17)18/h2,7-8,11-12,19-20H,3-6,9H2,1H3. The van der Waals surface area contributed by atoms with Crippen LogP contribution in [0.15, 0.2) is 18.2 Å². The van der Waals surface area contributed by atoms with Gasteiger partial charge >= 0.3 is 6.18 Å². The first-order valence-electron chi connectivity index (χ1n) is 7.06. The number of ether oxygens (including phenoxy) is 1. The molecule has 1 aliphatic carbocycles. The van der Waals surface area contributed by atoms with E-state index >= 15 is 0 Å². The van der Waals surface area contributed by atoms with Gasteiger partial charge in [0.25, 0.3) is 0 Å². The Labute approximate surface area is 122 Å². The highest BCUT2D eigenvalue weighted by Gasteiger charge is 2.41. The first kappa shape index (κ1) is 15.9. The Hall–Kier alpha value is -1.43. The molecule has 0 unspecified atom stereocenters. The lowest BCUT2D eigenvalue weighted by Gasteiger charge is -2.30. The summed E-state index contributed by atoms with van der Waals surface area (Å²) < 4.78 is 42.8. The van der Waals surface area contributed by atoms with Crippen LogP contribution in [-0.2, 0) is 6.54 Å². The molecule has 0 aromatic heterocycles. The molecule has 0 amide bonds. The summed E-state index contributed by atoms with van der Waals surface area (Å²) >= 11 is 0. The van der Waals surface area contributed by atoms with Crippen molar-refractivity contribution < 1.29 is 23.0 Å². The highest BCUT2D eigenvalue weighted by molar-refractivity contribution is 5.41. The molecule has 21 heavy (non-hydrogen) atoms. The van der Waals surface area contributed by atoms with Gasteiger partial charge in [0.1, 0.15) is 0 Å². The van der Waals surface area contributed by atoms with Crippen molar-refractivity contribution in [2.45, 2.75) is 44.4 Å². The SMILES string of the molecule is COc1cc(CNC2CCC(C(F)(F)F)CC2)ccc1O. The van der Waals surface area contributed by atoms with Gasteiger partial charge in [-0.25, -0.2) is 0 Å². The van der Waals surface area contributed by atoms with Crippen LogP contribution in [0.5, 0.6) is 11.5 Å². The fraction of sp³-hybridized carbons (Fsp3) is 0.600. The molecule has 0 spiro atoms. The van der Waals surface area contributed by atoms with E-state index in [1.165, 1.54) is 7.11 Å². The molecule has 1 fully saturated rings. The van der Waals surface area contributed by atoms with Crippen LogP contribution < -0.4 is 10.1 Å². The maximum atomic E-state index is 12.6. The van der Waals surface area contributed by atoms with Crippen molar-refractivity contribution in [1.29, 1.82) is 0 Å². The number of rotatable bonds is 4. The van der Waals surface area contributed by atoms with E-state index in [1.54, 1.807) is 18.2 Å². The van der Waals surface area contributed by atoms with E-state index in [4.69, 9.17) is 4.74 Å². The van der Waals surface area contributed by atoms with Gasteiger partial charge in [-0.15, -0.1) is 0 Å². The van der Waals surface area contributed by atoms with Gasteiger partial charge in [-0.3, -0.25) is 0 Å². The molecule has 0 heterocycles. The fourth-order valence-corrected chi connectivity index (χ4v) is 2.72. The number of hydrogen-bond acceptors (Lipinski definition) is 3. The second-order valence-electron chi connectivity index (χ2n) is 5.48. The number of aromatic hydroxyl groups is 1. The quantitative estimate of drug-likeness (QED) is 0.893. The summed E-state index contributed by atoms with van der Waals surface area (Å²) in [4.78, 5) is 0. The van der Waals surface area contributed by atoms with Crippen molar-refractivity contribution in [2.24, 2.45) is 5.92 Å². The maximum absolute atomic E-state index is 12.6. The lowest BCUT2D eigenvalue weighted by molar-refractivity contribution is -0.182. The van der Waals surface area contributed by atoms with Crippen LogP contribution >= 0.6 is 0 Å². The molecular weight excluding hydrogens is 283 g/mol. The Balaban J connectivity index is 1.82. The summed E-state index contributed by atoms with van der Waals surface area (Å²) in [5, 5.41) is 12.8. The summed E-state index contributed by atoms with van der Waals surface area (Å²) in [5.74, 6) is -0.675. The molecule has 0 bridgehead atoms. The number of alkyl halides is 3. The minimum Gasteiger partial charge on any atom is -0.504 e. The molecule has 0 atom stereocenters. The third kappa shape index (κ3) is 4.27. The van der Waals surface area contributed by atoms with E-state index in [1.807, 2.05) is 0 Å². The number of phenols is 1. The summed E-state index contributed by atoms with van der Waals surface area (Å²) in [5.41, 5.74) is 0.933. The molecule has 0 radical (unpaired) electrons. The first-order chi connectivity index (χ1) is 9.90. The fourth-order valence-electron chi connectivity index (χ4n) is 2.72. The van der Waals surface area contributed by atoms with Gasteiger partial charge in [-0.2, -0.15) is 13.2 Å². The molecule has 1 aromatic carbocycles. The summed E-state index contributed by atoms with van der Waals surface area (Å²) in [6.07, 6.45) is -2.59. The van der Waals surface area contributed by atoms with E-state index < -0.39 is 12.1 Å². The zero-order chi connectivity index (χ0) is 15.5. The Kier molecular flexibility index (Phi) is 4.98. The molecule has 2 N–H and O–H groups in total. The van der Waals surface area contributed by atoms with Crippen LogP contribution in [0.25, 0.3) is 0 Å². The predicted octanol–water partition coefficient (Wildman–Crippen LogP) is 3.61. The molecule has 0 saturated heterocycles. The molecular formula is C15H20F3NO2. The predicted molar refractivity (Wildman–Crippen MR) is 73.3 cm³/mol. The van der Waals surface area contributed by atoms with Crippen molar-refractivity contribution in [3.05, 3.63) is 23.8 Å². The normalized spacial score (nSPS) is 23.0. The summed E-state index contributed by atoms with van der Waals surface area (Å²) in [6, 6.07) is 5.16. The number of nitrogens with one attached hydrogen (secondary N) is 1. The number of phenolic OH excluding ortho intramolecular Hbond substituents is 1. The van der Waals surface area contributed by atoms with Gasteiger partial charge in [0, 0.05) is 12.6 Å². The number of benzene rings is 1. The highest BCUT2D eigenvalue weighted by Crippen LogP contribution is 2.37. The highest BCUT2D eigenvalue weighted by atomic mass is 19.4. The van der Waals surface area contributed by atoms with Crippen molar-refractivity contribution in [1.82, 2.24) is 5.32 Å².